The first-order chi connectivity index (χ1) is 12.1. The normalized spacial score (nSPS) is 10.2. The van der Waals surface area contributed by atoms with E-state index in [0.29, 0.717) is 6.61 Å². The van der Waals surface area contributed by atoms with E-state index in [-0.39, 0.29) is 0 Å². The number of anilines is 1. The second-order valence-corrected chi connectivity index (χ2v) is 5.85. The summed E-state index contributed by atoms with van der Waals surface area (Å²) in [5, 5.41) is 4.33. The van der Waals surface area contributed by atoms with Gasteiger partial charge in [0.1, 0.15) is 17.9 Å². The lowest BCUT2D eigenvalue weighted by Gasteiger charge is -2.15. The van der Waals surface area contributed by atoms with Crippen LogP contribution in [0.15, 0.2) is 42.5 Å². The zero-order valence-electron chi connectivity index (χ0n) is 16.1. The zero-order valence-corrected chi connectivity index (χ0v) is 16.1. The molecule has 1 heterocycles. The molecule has 0 radical (unpaired) electrons. The molecule has 0 aliphatic heterocycles. The van der Waals surface area contributed by atoms with Gasteiger partial charge in [-0.3, -0.25) is 0 Å². The highest BCUT2D eigenvalue weighted by molar-refractivity contribution is 5.84. The van der Waals surface area contributed by atoms with Crippen LogP contribution in [-0.2, 0) is 6.61 Å². The van der Waals surface area contributed by atoms with E-state index in [1.165, 1.54) is 16.7 Å². The van der Waals surface area contributed by atoms with Crippen molar-refractivity contribution in [2.75, 3.05) is 12.4 Å². The van der Waals surface area contributed by atoms with Crippen LogP contribution in [0.5, 0.6) is 5.75 Å². The standard InChI is InChI=1S/C20H22N2O.C2H6/c1-13-8-11-18(21-4)15(3)17(13)12-23-19-7-5-6-16-10-9-14(2)22-20(16)19;1-2/h5-11,21H,12H2,1-4H3;1-2H3. The summed E-state index contributed by atoms with van der Waals surface area (Å²) in [5.41, 5.74) is 6.76. The highest BCUT2D eigenvalue weighted by Crippen LogP contribution is 2.27. The van der Waals surface area contributed by atoms with Crippen LogP contribution < -0.4 is 10.1 Å². The predicted molar refractivity (Wildman–Crippen MR) is 108 cm³/mol. The van der Waals surface area contributed by atoms with Crippen LogP contribution in [0.2, 0.25) is 0 Å². The Labute approximate surface area is 151 Å². The van der Waals surface area contributed by atoms with Gasteiger partial charge < -0.3 is 10.1 Å². The Bertz CT molecular complexity index is 856. The molecule has 0 atom stereocenters. The highest BCUT2D eigenvalue weighted by atomic mass is 16.5. The van der Waals surface area contributed by atoms with E-state index in [1.807, 2.05) is 46.0 Å². The van der Waals surface area contributed by atoms with Gasteiger partial charge >= 0.3 is 0 Å². The Balaban J connectivity index is 0.00000109. The molecule has 1 N–H and O–H groups in total. The minimum Gasteiger partial charge on any atom is -0.487 e. The Hall–Kier alpha value is -2.55. The number of hydrogen-bond donors (Lipinski definition) is 1. The van der Waals surface area contributed by atoms with E-state index < -0.39 is 0 Å². The van der Waals surface area contributed by atoms with Crippen molar-refractivity contribution in [3.05, 3.63) is 64.8 Å². The van der Waals surface area contributed by atoms with E-state index in [9.17, 15) is 0 Å². The van der Waals surface area contributed by atoms with Crippen LogP contribution in [0.3, 0.4) is 0 Å². The SMILES string of the molecule is CC.CNc1ccc(C)c(COc2cccc3ccc(C)nc23)c1C. The minimum atomic E-state index is 0.544. The number of aromatic nitrogens is 1. The number of nitrogens with zero attached hydrogens (tertiary/aromatic N) is 1. The van der Waals surface area contributed by atoms with E-state index >= 15 is 0 Å². The molecule has 0 saturated heterocycles. The molecule has 0 spiro atoms. The van der Waals surface area contributed by atoms with E-state index in [4.69, 9.17) is 4.74 Å². The topological polar surface area (TPSA) is 34.1 Å². The molecular formula is C22H28N2O. The highest BCUT2D eigenvalue weighted by Gasteiger charge is 2.09. The van der Waals surface area contributed by atoms with Gasteiger partial charge in [0, 0.05) is 23.8 Å². The third-order valence-electron chi connectivity index (χ3n) is 4.30. The molecule has 0 aliphatic carbocycles. The Morgan fingerprint density at radius 2 is 1.72 bits per heavy atom. The number of fused-ring (bicyclic) bond motifs is 1. The van der Waals surface area contributed by atoms with Crippen LogP contribution in [0, 0.1) is 20.8 Å². The van der Waals surface area contributed by atoms with Crippen molar-refractivity contribution in [1.82, 2.24) is 4.98 Å². The largest absolute Gasteiger partial charge is 0.487 e. The molecule has 3 nitrogen and oxygen atoms in total. The fraction of sp³-hybridized carbons (Fsp3) is 0.318. The molecule has 3 aromatic rings. The second-order valence-electron chi connectivity index (χ2n) is 5.85. The fourth-order valence-corrected chi connectivity index (χ4v) is 2.87. The summed E-state index contributed by atoms with van der Waals surface area (Å²) < 4.78 is 6.13. The molecule has 25 heavy (non-hydrogen) atoms. The van der Waals surface area contributed by atoms with Crippen molar-refractivity contribution in [3.8, 4) is 5.75 Å². The fourth-order valence-electron chi connectivity index (χ4n) is 2.87. The van der Waals surface area contributed by atoms with Crippen molar-refractivity contribution in [2.45, 2.75) is 41.2 Å². The molecule has 0 amide bonds. The van der Waals surface area contributed by atoms with Crippen molar-refractivity contribution < 1.29 is 4.74 Å². The molecule has 132 valence electrons. The summed E-state index contributed by atoms with van der Waals surface area (Å²) in [6, 6.07) is 14.4. The van der Waals surface area contributed by atoms with Gasteiger partial charge in [0.25, 0.3) is 0 Å². The summed E-state index contributed by atoms with van der Waals surface area (Å²) in [6.45, 7) is 10.8. The molecule has 0 unspecified atom stereocenters. The maximum atomic E-state index is 6.13. The lowest BCUT2D eigenvalue weighted by molar-refractivity contribution is 0.308. The molecule has 1 aromatic heterocycles. The Kier molecular flexibility index (Phi) is 6.40. The molecule has 3 rings (SSSR count). The quantitative estimate of drug-likeness (QED) is 0.653. The smallest absolute Gasteiger partial charge is 0.146 e. The van der Waals surface area contributed by atoms with Gasteiger partial charge in [-0.25, -0.2) is 4.98 Å². The molecular weight excluding hydrogens is 308 g/mol. The summed E-state index contributed by atoms with van der Waals surface area (Å²) in [5.74, 6) is 0.833. The second kappa shape index (κ2) is 8.52. The molecule has 0 bridgehead atoms. The van der Waals surface area contributed by atoms with E-state index in [2.05, 4.69) is 48.4 Å². The third kappa shape index (κ3) is 4.11. The Morgan fingerprint density at radius 1 is 0.960 bits per heavy atom. The monoisotopic (exact) mass is 336 g/mol. The summed E-state index contributed by atoms with van der Waals surface area (Å²) in [6.07, 6.45) is 0. The van der Waals surface area contributed by atoms with Gasteiger partial charge in [-0.2, -0.15) is 0 Å². The van der Waals surface area contributed by atoms with Crippen LogP contribution >= 0.6 is 0 Å². The number of nitrogens with one attached hydrogen (secondary N) is 1. The van der Waals surface area contributed by atoms with Gasteiger partial charge in [-0.1, -0.05) is 38.1 Å². The molecule has 0 aliphatic rings. The maximum Gasteiger partial charge on any atom is 0.146 e. The van der Waals surface area contributed by atoms with Gasteiger partial charge in [0.05, 0.1) is 0 Å². The summed E-state index contributed by atoms with van der Waals surface area (Å²) >= 11 is 0. The molecule has 0 fully saturated rings. The third-order valence-corrected chi connectivity index (χ3v) is 4.30. The number of ether oxygens (including phenoxy) is 1. The zero-order chi connectivity index (χ0) is 18.4. The Morgan fingerprint density at radius 3 is 2.44 bits per heavy atom. The molecule has 2 aromatic carbocycles. The average molecular weight is 336 g/mol. The van der Waals surface area contributed by atoms with Crippen LogP contribution in [0.4, 0.5) is 5.69 Å². The lowest BCUT2D eigenvalue weighted by Crippen LogP contribution is -2.04. The van der Waals surface area contributed by atoms with Crippen LogP contribution in [0.25, 0.3) is 10.9 Å². The van der Waals surface area contributed by atoms with E-state index in [1.54, 1.807) is 0 Å². The van der Waals surface area contributed by atoms with E-state index in [0.717, 1.165) is 28.0 Å². The lowest BCUT2D eigenvalue weighted by atomic mass is 10.0. The number of hydrogen-bond acceptors (Lipinski definition) is 3. The first-order valence-electron chi connectivity index (χ1n) is 8.86. The average Bonchev–Trinajstić information content (AvgIpc) is 2.63. The van der Waals surface area contributed by atoms with Crippen molar-refractivity contribution in [2.24, 2.45) is 0 Å². The number of para-hydroxylation sites is 1. The number of aryl methyl sites for hydroxylation is 2. The first-order valence-corrected chi connectivity index (χ1v) is 8.86. The maximum absolute atomic E-state index is 6.13. The minimum absolute atomic E-state index is 0.544. The first kappa shape index (κ1) is 18.8. The van der Waals surface area contributed by atoms with Crippen molar-refractivity contribution in [1.29, 1.82) is 0 Å². The van der Waals surface area contributed by atoms with Crippen molar-refractivity contribution >= 4 is 16.6 Å². The van der Waals surface area contributed by atoms with Gasteiger partial charge in [0.2, 0.25) is 0 Å². The molecule has 3 heteroatoms. The van der Waals surface area contributed by atoms with Gasteiger partial charge in [0.15, 0.2) is 0 Å². The van der Waals surface area contributed by atoms with Crippen LogP contribution in [-0.4, -0.2) is 12.0 Å². The summed E-state index contributed by atoms with van der Waals surface area (Å²) in [4.78, 5) is 4.63. The van der Waals surface area contributed by atoms with Crippen molar-refractivity contribution in [3.63, 3.8) is 0 Å². The van der Waals surface area contributed by atoms with Gasteiger partial charge in [-0.05, 0) is 55.7 Å². The number of rotatable bonds is 4. The van der Waals surface area contributed by atoms with Gasteiger partial charge in [-0.15, -0.1) is 0 Å². The number of benzene rings is 2. The molecule has 0 saturated carbocycles. The van der Waals surface area contributed by atoms with Crippen LogP contribution in [0.1, 0.15) is 36.2 Å². The summed E-state index contributed by atoms with van der Waals surface area (Å²) in [7, 11) is 1.94. The predicted octanol–water partition coefficient (Wildman–Crippen LogP) is 5.81. The number of pyridine rings is 1.